The van der Waals surface area contributed by atoms with Crippen molar-refractivity contribution in [3.8, 4) is 0 Å². The number of aliphatic carboxylic acids is 2. The minimum atomic E-state index is -1.06. The SMILES string of the molecule is CC(CCc1ccccc1)C(CC(=O)O)C(=O)O. The molecule has 0 aliphatic rings. The van der Waals surface area contributed by atoms with Crippen molar-refractivity contribution in [1.29, 1.82) is 0 Å². The number of carbonyl (C=O) groups is 2. The molecule has 0 saturated heterocycles. The predicted octanol–water partition coefficient (Wildman–Crippen LogP) is 2.43. The zero-order chi connectivity index (χ0) is 13.5. The van der Waals surface area contributed by atoms with E-state index in [4.69, 9.17) is 10.2 Å². The van der Waals surface area contributed by atoms with Crippen LogP contribution in [0.4, 0.5) is 0 Å². The Labute approximate surface area is 106 Å². The van der Waals surface area contributed by atoms with E-state index in [-0.39, 0.29) is 12.3 Å². The maximum atomic E-state index is 11.0. The summed E-state index contributed by atoms with van der Waals surface area (Å²) in [7, 11) is 0. The van der Waals surface area contributed by atoms with Crippen molar-refractivity contribution < 1.29 is 19.8 Å². The quantitative estimate of drug-likeness (QED) is 0.779. The molecule has 1 aromatic rings. The number of hydrogen-bond donors (Lipinski definition) is 2. The van der Waals surface area contributed by atoms with Gasteiger partial charge in [0.1, 0.15) is 0 Å². The van der Waals surface area contributed by atoms with Crippen LogP contribution in [0.25, 0.3) is 0 Å². The second kappa shape index (κ2) is 6.79. The molecule has 98 valence electrons. The molecule has 1 rings (SSSR count). The Hall–Kier alpha value is -1.84. The van der Waals surface area contributed by atoms with E-state index in [1.54, 1.807) is 6.92 Å². The van der Waals surface area contributed by atoms with Gasteiger partial charge in [-0.05, 0) is 24.3 Å². The van der Waals surface area contributed by atoms with Crippen molar-refractivity contribution in [2.45, 2.75) is 26.2 Å². The highest BCUT2D eigenvalue weighted by atomic mass is 16.4. The van der Waals surface area contributed by atoms with Crippen LogP contribution in [0.3, 0.4) is 0 Å². The number of benzene rings is 1. The average molecular weight is 250 g/mol. The lowest BCUT2D eigenvalue weighted by Crippen LogP contribution is -2.25. The number of carboxylic acids is 2. The van der Waals surface area contributed by atoms with Gasteiger partial charge >= 0.3 is 11.9 Å². The van der Waals surface area contributed by atoms with Crippen LogP contribution in [-0.2, 0) is 16.0 Å². The van der Waals surface area contributed by atoms with Crippen molar-refractivity contribution in [3.05, 3.63) is 35.9 Å². The van der Waals surface area contributed by atoms with Gasteiger partial charge in [0, 0.05) is 0 Å². The van der Waals surface area contributed by atoms with Crippen molar-refractivity contribution in [2.75, 3.05) is 0 Å². The molecule has 0 saturated carbocycles. The van der Waals surface area contributed by atoms with Crippen LogP contribution in [0.5, 0.6) is 0 Å². The van der Waals surface area contributed by atoms with Gasteiger partial charge in [-0.15, -0.1) is 0 Å². The molecule has 1 aromatic carbocycles. The minimum absolute atomic E-state index is 0.154. The van der Waals surface area contributed by atoms with Gasteiger partial charge in [0.15, 0.2) is 0 Å². The minimum Gasteiger partial charge on any atom is -0.481 e. The molecule has 2 atom stereocenters. The van der Waals surface area contributed by atoms with Gasteiger partial charge in [-0.3, -0.25) is 9.59 Å². The summed E-state index contributed by atoms with van der Waals surface area (Å²) in [5.74, 6) is -3.06. The van der Waals surface area contributed by atoms with Crippen LogP contribution >= 0.6 is 0 Å². The Morgan fingerprint density at radius 2 is 1.78 bits per heavy atom. The summed E-state index contributed by atoms with van der Waals surface area (Å²) < 4.78 is 0. The molecule has 0 heterocycles. The first-order valence-electron chi connectivity index (χ1n) is 5.99. The summed E-state index contributed by atoms with van der Waals surface area (Å²) in [6.45, 7) is 1.80. The van der Waals surface area contributed by atoms with Gasteiger partial charge in [-0.1, -0.05) is 37.3 Å². The van der Waals surface area contributed by atoms with E-state index < -0.39 is 17.9 Å². The molecule has 2 unspecified atom stereocenters. The summed E-state index contributed by atoms with van der Waals surface area (Å²) in [4.78, 5) is 21.7. The second-order valence-corrected chi connectivity index (χ2v) is 4.54. The summed E-state index contributed by atoms with van der Waals surface area (Å²) in [5.41, 5.74) is 1.14. The topological polar surface area (TPSA) is 74.6 Å². The number of carboxylic acid groups (broad SMARTS) is 2. The molecule has 0 bridgehead atoms. The van der Waals surface area contributed by atoms with Gasteiger partial charge in [0.25, 0.3) is 0 Å². The van der Waals surface area contributed by atoms with Crippen LogP contribution in [-0.4, -0.2) is 22.2 Å². The van der Waals surface area contributed by atoms with Crippen LogP contribution in [0.1, 0.15) is 25.3 Å². The Morgan fingerprint density at radius 3 is 2.28 bits per heavy atom. The summed E-state index contributed by atoms with van der Waals surface area (Å²) >= 11 is 0. The van der Waals surface area contributed by atoms with E-state index >= 15 is 0 Å². The highest BCUT2D eigenvalue weighted by molar-refractivity contribution is 5.77. The predicted molar refractivity (Wildman–Crippen MR) is 67.3 cm³/mol. The fourth-order valence-corrected chi connectivity index (χ4v) is 1.96. The average Bonchev–Trinajstić information content (AvgIpc) is 2.34. The Balaban J connectivity index is 2.54. The summed E-state index contributed by atoms with van der Waals surface area (Å²) in [6.07, 6.45) is 1.13. The molecule has 0 aliphatic heterocycles. The zero-order valence-corrected chi connectivity index (χ0v) is 10.4. The van der Waals surface area contributed by atoms with Crippen molar-refractivity contribution in [1.82, 2.24) is 0 Å². The van der Waals surface area contributed by atoms with Crippen LogP contribution < -0.4 is 0 Å². The van der Waals surface area contributed by atoms with Gasteiger partial charge in [-0.2, -0.15) is 0 Å². The van der Waals surface area contributed by atoms with Crippen LogP contribution in [0.2, 0.25) is 0 Å². The van der Waals surface area contributed by atoms with E-state index in [1.807, 2.05) is 30.3 Å². The molecule has 2 N–H and O–H groups in total. The van der Waals surface area contributed by atoms with Crippen molar-refractivity contribution in [3.63, 3.8) is 0 Å². The molecule has 0 aromatic heterocycles. The number of hydrogen-bond acceptors (Lipinski definition) is 2. The largest absolute Gasteiger partial charge is 0.481 e. The lowest BCUT2D eigenvalue weighted by atomic mass is 9.86. The third-order valence-corrected chi connectivity index (χ3v) is 3.13. The van der Waals surface area contributed by atoms with E-state index in [0.717, 1.165) is 12.0 Å². The van der Waals surface area contributed by atoms with E-state index in [0.29, 0.717) is 6.42 Å². The van der Waals surface area contributed by atoms with Crippen LogP contribution in [0.15, 0.2) is 30.3 Å². The molecule has 4 heteroatoms. The molecule has 18 heavy (non-hydrogen) atoms. The van der Waals surface area contributed by atoms with E-state index in [1.165, 1.54) is 0 Å². The first-order chi connectivity index (χ1) is 8.50. The van der Waals surface area contributed by atoms with Gasteiger partial charge < -0.3 is 10.2 Å². The summed E-state index contributed by atoms with van der Waals surface area (Å²) in [5, 5.41) is 17.7. The molecule has 0 radical (unpaired) electrons. The Kier molecular flexibility index (Phi) is 5.36. The fourth-order valence-electron chi connectivity index (χ4n) is 1.96. The fraction of sp³-hybridized carbons (Fsp3) is 0.429. The van der Waals surface area contributed by atoms with Crippen molar-refractivity contribution in [2.24, 2.45) is 11.8 Å². The second-order valence-electron chi connectivity index (χ2n) is 4.54. The third-order valence-electron chi connectivity index (χ3n) is 3.13. The van der Waals surface area contributed by atoms with E-state index in [2.05, 4.69) is 0 Å². The highest BCUT2D eigenvalue weighted by Crippen LogP contribution is 2.21. The first kappa shape index (κ1) is 14.2. The van der Waals surface area contributed by atoms with Crippen molar-refractivity contribution >= 4 is 11.9 Å². The molecule has 0 amide bonds. The normalized spacial score (nSPS) is 13.8. The highest BCUT2D eigenvalue weighted by Gasteiger charge is 2.26. The number of aryl methyl sites for hydroxylation is 1. The molecule has 0 aliphatic carbocycles. The van der Waals surface area contributed by atoms with E-state index in [9.17, 15) is 9.59 Å². The maximum absolute atomic E-state index is 11.0. The summed E-state index contributed by atoms with van der Waals surface area (Å²) in [6, 6.07) is 9.77. The zero-order valence-electron chi connectivity index (χ0n) is 10.4. The van der Waals surface area contributed by atoms with Gasteiger partial charge in [-0.25, -0.2) is 0 Å². The Morgan fingerprint density at radius 1 is 1.17 bits per heavy atom. The van der Waals surface area contributed by atoms with Gasteiger partial charge in [0.2, 0.25) is 0 Å². The smallest absolute Gasteiger partial charge is 0.307 e. The molecule has 0 fully saturated rings. The standard InChI is InChI=1S/C14H18O4/c1-10(12(14(17)18)9-13(15)16)7-8-11-5-3-2-4-6-11/h2-6,10,12H,7-9H2,1H3,(H,15,16)(H,17,18). The number of rotatable bonds is 7. The lowest BCUT2D eigenvalue weighted by molar-refractivity contribution is -0.150. The molecular weight excluding hydrogens is 232 g/mol. The van der Waals surface area contributed by atoms with Gasteiger partial charge in [0.05, 0.1) is 12.3 Å². The molecular formula is C14H18O4. The molecule has 0 spiro atoms. The van der Waals surface area contributed by atoms with Crippen LogP contribution in [0, 0.1) is 11.8 Å². The monoisotopic (exact) mass is 250 g/mol. The maximum Gasteiger partial charge on any atom is 0.307 e. The Bertz CT molecular complexity index is 400. The lowest BCUT2D eigenvalue weighted by Gasteiger charge is -2.18. The first-order valence-corrected chi connectivity index (χ1v) is 5.99. The molecule has 4 nitrogen and oxygen atoms in total. The third kappa shape index (κ3) is 4.57.